The van der Waals surface area contributed by atoms with Crippen molar-refractivity contribution in [3.8, 4) is 28.5 Å². The Labute approximate surface area is 292 Å². The van der Waals surface area contributed by atoms with Gasteiger partial charge in [-0.15, -0.1) is 35.9 Å². The van der Waals surface area contributed by atoms with Crippen molar-refractivity contribution in [3.05, 3.63) is 145 Å². The summed E-state index contributed by atoms with van der Waals surface area (Å²) in [6.07, 6.45) is 1.81. The van der Waals surface area contributed by atoms with Crippen LogP contribution in [0.2, 0.25) is 0 Å². The number of hydrogen-bond acceptors (Lipinski definition) is 3. The first-order chi connectivity index (χ1) is 23.2. The van der Waals surface area contributed by atoms with E-state index in [0.717, 1.165) is 90.7 Å². The van der Waals surface area contributed by atoms with Gasteiger partial charge in [0.15, 0.2) is 0 Å². The van der Waals surface area contributed by atoms with Crippen molar-refractivity contribution >= 4 is 43.9 Å². The Morgan fingerprint density at radius 2 is 1.29 bits per heavy atom. The van der Waals surface area contributed by atoms with Crippen LogP contribution in [0.3, 0.4) is 0 Å². The van der Waals surface area contributed by atoms with Crippen LogP contribution in [-0.4, -0.2) is 28.9 Å². The molecule has 0 spiro atoms. The van der Waals surface area contributed by atoms with E-state index in [4.69, 9.17) is 15.1 Å². The summed E-state index contributed by atoms with van der Waals surface area (Å²) in [6, 6.07) is 49.0. The van der Waals surface area contributed by atoms with E-state index in [1.165, 1.54) is 0 Å². The molecule has 5 aromatic carbocycles. The van der Waals surface area contributed by atoms with Gasteiger partial charge in [-0.05, 0) is 48.9 Å². The fraction of sp³-hybridized carbons (Fsp3) is 0.0976. The van der Waals surface area contributed by atoms with E-state index >= 15 is 0 Å². The molecule has 9 rings (SSSR count). The van der Waals surface area contributed by atoms with Crippen molar-refractivity contribution < 1.29 is 21.1 Å². The van der Waals surface area contributed by atoms with E-state index in [-0.39, 0.29) is 21.1 Å². The minimum Gasteiger partial charge on any atom is -0.318 e. The van der Waals surface area contributed by atoms with E-state index < -0.39 is 0 Å². The van der Waals surface area contributed by atoms with Crippen molar-refractivity contribution in [1.29, 1.82) is 0 Å². The third-order valence-corrected chi connectivity index (χ3v) is 8.96. The van der Waals surface area contributed by atoms with E-state index in [0.29, 0.717) is 5.82 Å². The molecule has 0 N–H and O–H groups in total. The zero-order valence-electron chi connectivity index (χ0n) is 26.5. The molecule has 4 aromatic heterocycles. The standard InChI is InChI=1S/C41H30N6.Pt/c1-3-14-38-42-39(44-47(38)35-22-10-7-15-27(35)2)28-16-13-19-30(25-28)46-37-24-12-9-21-32(37)34-26-33-31-20-8-11-23-36(31)45(40(33)43-41(34)46)29-17-5-4-6-18-29;/h4-13,15-17,19-24,26H,3,14H2,1-2H3;/q-2;+2. The summed E-state index contributed by atoms with van der Waals surface area (Å²) in [5.41, 5.74) is 8.84. The van der Waals surface area contributed by atoms with E-state index in [1.54, 1.807) is 0 Å². The molecule has 0 unspecified atom stereocenters. The van der Waals surface area contributed by atoms with Crippen molar-refractivity contribution in [2.75, 3.05) is 0 Å². The molecule has 9 aromatic rings. The van der Waals surface area contributed by atoms with Crippen molar-refractivity contribution in [3.63, 3.8) is 0 Å². The average molecular weight is 802 g/mol. The van der Waals surface area contributed by atoms with Crippen LogP contribution in [-0.2, 0) is 27.5 Å². The molecule has 0 atom stereocenters. The SMILES string of the molecule is CCCc1nc(-c2[c-]c(-n3c4ccccc4c4cc5c6ccccc6n(-c6[c-]cccc6)c5nc43)ccc2)nn1-c1ccccc1C.[Pt+2]. The number of nitrogens with zero attached hydrogens (tertiary/aromatic N) is 6. The van der Waals surface area contributed by atoms with Gasteiger partial charge in [-0.3, -0.25) is 4.98 Å². The average Bonchev–Trinajstić information content (AvgIpc) is 3.78. The summed E-state index contributed by atoms with van der Waals surface area (Å²) in [5, 5.41) is 9.55. The quantitative estimate of drug-likeness (QED) is 0.158. The first kappa shape index (κ1) is 30.0. The Hall–Kier alpha value is -5.32. The maximum atomic E-state index is 5.45. The van der Waals surface area contributed by atoms with Crippen LogP contribution in [0.25, 0.3) is 72.3 Å². The van der Waals surface area contributed by atoms with Crippen LogP contribution in [0.1, 0.15) is 24.7 Å². The Morgan fingerprint density at radius 3 is 1.98 bits per heavy atom. The normalized spacial score (nSPS) is 11.5. The minimum absolute atomic E-state index is 0. The van der Waals surface area contributed by atoms with Crippen LogP contribution >= 0.6 is 0 Å². The van der Waals surface area contributed by atoms with Gasteiger partial charge in [0.1, 0.15) is 17.1 Å². The molecule has 0 saturated heterocycles. The van der Waals surface area contributed by atoms with Gasteiger partial charge < -0.3 is 9.13 Å². The fourth-order valence-electron chi connectivity index (χ4n) is 6.82. The van der Waals surface area contributed by atoms with Crippen LogP contribution in [0.4, 0.5) is 0 Å². The number of pyridine rings is 1. The zero-order valence-corrected chi connectivity index (χ0v) is 28.7. The van der Waals surface area contributed by atoms with Gasteiger partial charge in [0.25, 0.3) is 0 Å². The summed E-state index contributed by atoms with van der Waals surface area (Å²) in [6.45, 7) is 4.28. The van der Waals surface area contributed by atoms with Gasteiger partial charge in [-0.25, -0.2) is 9.67 Å². The first-order valence-corrected chi connectivity index (χ1v) is 16.0. The molecule has 0 aliphatic heterocycles. The largest absolute Gasteiger partial charge is 2.00 e. The molecular weight excluding hydrogens is 772 g/mol. The molecule has 48 heavy (non-hydrogen) atoms. The summed E-state index contributed by atoms with van der Waals surface area (Å²) in [7, 11) is 0. The van der Waals surface area contributed by atoms with Crippen molar-refractivity contribution in [2.24, 2.45) is 0 Å². The number of aromatic nitrogens is 6. The van der Waals surface area contributed by atoms with E-state index in [2.05, 4.69) is 126 Å². The predicted molar refractivity (Wildman–Crippen MR) is 190 cm³/mol. The van der Waals surface area contributed by atoms with E-state index in [9.17, 15) is 0 Å². The molecule has 234 valence electrons. The molecule has 0 fully saturated rings. The second-order valence-electron chi connectivity index (χ2n) is 11.9. The van der Waals surface area contributed by atoms with Crippen LogP contribution < -0.4 is 0 Å². The number of rotatable bonds is 6. The summed E-state index contributed by atoms with van der Waals surface area (Å²) in [5.74, 6) is 1.61. The second kappa shape index (κ2) is 12.0. The summed E-state index contributed by atoms with van der Waals surface area (Å²) < 4.78 is 6.42. The van der Waals surface area contributed by atoms with E-state index in [1.807, 2.05) is 35.0 Å². The smallest absolute Gasteiger partial charge is 0.318 e. The third kappa shape index (κ3) is 4.70. The number of aryl methyl sites for hydroxylation is 2. The Bertz CT molecular complexity index is 2610. The van der Waals surface area contributed by atoms with Crippen molar-refractivity contribution in [1.82, 2.24) is 28.9 Å². The van der Waals surface area contributed by atoms with Gasteiger partial charge in [0.05, 0.1) is 22.5 Å². The molecule has 0 amide bonds. The van der Waals surface area contributed by atoms with Gasteiger partial charge in [0.2, 0.25) is 0 Å². The van der Waals surface area contributed by atoms with Gasteiger partial charge in [0, 0.05) is 28.0 Å². The number of benzene rings is 5. The molecule has 6 nitrogen and oxygen atoms in total. The Morgan fingerprint density at radius 1 is 0.646 bits per heavy atom. The Balaban J connectivity index is 0.00000336. The molecule has 0 aliphatic carbocycles. The summed E-state index contributed by atoms with van der Waals surface area (Å²) in [4.78, 5) is 10.5. The minimum atomic E-state index is 0. The first-order valence-electron chi connectivity index (χ1n) is 16.0. The molecule has 0 radical (unpaired) electrons. The number of hydrogen-bond donors (Lipinski definition) is 0. The number of fused-ring (bicyclic) bond motifs is 6. The Kier molecular flexibility index (Phi) is 7.54. The van der Waals surface area contributed by atoms with Crippen LogP contribution in [0.5, 0.6) is 0 Å². The van der Waals surface area contributed by atoms with Gasteiger partial charge in [-0.1, -0.05) is 67.2 Å². The molecule has 0 bridgehead atoms. The third-order valence-electron chi connectivity index (χ3n) is 8.96. The molecule has 0 saturated carbocycles. The van der Waals surface area contributed by atoms with Crippen LogP contribution in [0.15, 0.2) is 121 Å². The fourth-order valence-corrected chi connectivity index (χ4v) is 6.82. The topological polar surface area (TPSA) is 53.5 Å². The molecule has 4 heterocycles. The number of para-hydroxylation sites is 4. The zero-order chi connectivity index (χ0) is 31.5. The molecular formula is C41H30N6Pt. The monoisotopic (exact) mass is 801 g/mol. The predicted octanol–water partition coefficient (Wildman–Crippen LogP) is 9.38. The summed E-state index contributed by atoms with van der Waals surface area (Å²) >= 11 is 0. The maximum Gasteiger partial charge on any atom is 2.00 e. The van der Waals surface area contributed by atoms with Crippen LogP contribution in [0, 0.1) is 19.1 Å². The van der Waals surface area contributed by atoms with Gasteiger partial charge >= 0.3 is 21.1 Å². The van der Waals surface area contributed by atoms with Crippen molar-refractivity contribution in [2.45, 2.75) is 26.7 Å². The maximum absolute atomic E-state index is 5.45. The van der Waals surface area contributed by atoms with Gasteiger partial charge in [-0.2, -0.15) is 29.4 Å². The molecule has 7 heteroatoms. The molecule has 0 aliphatic rings. The second-order valence-corrected chi connectivity index (χ2v) is 11.9.